The number of aromatic nitrogens is 2. The van der Waals surface area contributed by atoms with Crippen LogP contribution in [0, 0.1) is 0 Å². The lowest BCUT2D eigenvalue weighted by molar-refractivity contribution is 0.414. The number of hydrogen-bond acceptors (Lipinski definition) is 5. The minimum Gasteiger partial charge on any atom is -0.497 e. The van der Waals surface area contributed by atoms with Crippen LogP contribution in [0.1, 0.15) is 5.56 Å². The lowest BCUT2D eigenvalue weighted by atomic mass is 10.1. The van der Waals surface area contributed by atoms with E-state index in [1.165, 1.54) is 19.2 Å². The Bertz CT molecular complexity index is 943. The van der Waals surface area contributed by atoms with Gasteiger partial charge in [-0.3, -0.25) is 9.97 Å². The molecule has 0 saturated heterocycles. The van der Waals surface area contributed by atoms with Crippen molar-refractivity contribution in [2.45, 2.75) is 11.4 Å². The van der Waals surface area contributed by atoms with E-state index in [0.717, 1.165) is 11.1 Å². The van der Waals surface area contributed by atoms with Crippen molar-refractivity contribution in [1.82, 2.24) is 14.7 Å². The molecule has 3 rings (SSSR count). The highest BCUT2D eigenvalue weighted by Gasteiger charge is 2.15. The molecule has 7 heteroatoms. The Balaban J connectivity index is 1.81. The molecule has 2 heterocycles. The SMILES string of the molecule is COc1ccc(S(=O)(=O)NCc2cccnc2-c2cccnc2)cc1. The molecule has 6 nitrogen and oxygen atoms in total. The number of rotatable bonds is 6. The fourth-order valence-electron chi connectivity index (χ4n) is 2.35. The zero-order valence-corrected chi connectivity index (χ0v) is 14.4. The number of methoxy groups -OCH3 is 1. The fraction of sp³-hybridized carbons (Fsp3) is 0.111. The molecule has 0 radical (unpaired) electrons. The molecule has 0 unspecified atom stereocenters. The molecule has 0 aliphatic rings. The van der Waals surface area contributed by atoms with Gasteiger partial charge in [-0.1, -0.05) is 6.07 Å². The zero-order valence-electron chi connectivity index (χ0n) is 13.6. The van der Waals surface area contributed by atoms with Gasteiger partial charge in [0.05, 0.1) is 17.7 Å². The first kappa shape index (κ1) is 17.1. The number of nitrogens with zero attached hydrogens (tertiary/aromatic N) is 2. The highest BCUT2D eigenvalue weighted by Crippen LogP contribution is 2.21. The summed E-state index contributed by atoms with van der Waals surface area (Å²) in [4.78, 5) is 8.62. The number of benzene rings is 1. The van der Waals surface area contributed by atoms with Crippen LogP contribution in [0.4, 0.5) is 0 Å². The summed E-state index contributed by atoms with van der Waals surface area (Å²) < 4.78 is 32.6. The third-order valence-corrected chi connectivity index (χ3v) is 5.07. The quantitative estimate of drug-likeness (QED) is 0.735. The van der Waals surface area contributed by atoms with Gasteiger partial charge in [0.1, 0.15) is 5.75 Å². The molecule has 3 aromatic rings. The normalized spacial score (nSPS) is 11.2. The largest absolute Gasteiger partial charge is 0.497 e. The summed E-state index contributed by atoms with van der Waals surface area (Å²) >= 11 is 0. The summed E-state index contributed by atoms with van der Waals surface area (Å²) in [5, 5.41) is 0. The standard InChI is InChI=1S/C18H17N3O3S/c1-24-16-6-8-17(9-7-16)25(22,23)21-13-15-5-3-11-20-18(15)14-4-2-10-19-12-14/h2-12,21H,13H2,1H3. The van der Waals surface area contributed by atoms with E-state index in [9.17, 15) is 8.42 Å². The first-order valence-electron chi connectivity index (χ1n) is 7.58. The average Bonchev–Trinajstić information content (AvgIpc) is 2.67. The van der Waals surface area contributed by atoms with Gasteiger partial charge in [-0.05, 0) is 48.0 Å². The minimum atomic E-state index is -3.63. The maximum absolute atomic E-state index is 12.5. The van der Waals surface area contributed by atoms with Crippen LogP contribution in [0.3, 0.4) is 0 Å². The predicted octanol–water partition coefficient (Wildman–Crippen LogP) is 2.63. The second-order valence-corrected chi connectivity index (χ2v) is 7.02. The smallest absolute Gasteiger partial charge is 0.240 e. The first-order valence-corrected chi connectivity index (χ1v) is 9.06. The molecule has 1 N–H and O–H groups in total. The van der Waals surface area contributed by atoms with Crippen LogP contribution in [-0.2, 0) is 16.6 Å². The third-order valence-electron chi connectivity index (χ3n) is 3.65. The van der Waals surface area contributed by atoms with E-state index in [-0.39, 0.29) is 11.4 Å². The molecule has 0 atom stereocenters. The van der Waals surface area contributed by atoms with E-state index >= 15 is 0 Å². The number of sulfonamides is 1. The van der Waals surface area contributed by atoms with Gasteiger partial charge in [0.2, 0.25) is 10.0 Å². The molecule has 0 saturated carbocycles. The van der Waals surface area contributed by atoms with Crippen LogP contribution in [-0.4, -0.2) is 25.5 Å². The van der Waals surface area contributed by atoms with Gasteiger partial charge in [0, 0.05) is 30.7 Å². The monoisotopic (exact) mass is 355 g/mol. The number of pyridine rings is 2. The van der Waals surface area contributed by atoms with Crippen molar-refractivity contribution >= 4 is 10.0 Å². The van der Waals surface area contributed by atoms with Crippen molar-refractivity contribution in [1.29, 1.82) is 0 Å². The summed E-state index contributed by atoms with van der Waals surface area (Å²) in [6.45, 7) is 0.131. The molecule has 25 heavy (non-hydrogen) atoms. The summed E-state index contributed by atoms with van der Waals surface area (Å²) in [7, 11) is -2.10. The number of nitrogens with one attached hydrogen (secondary N) is 1. The Kier molecular flexibility index (Phi) is 5.06. The third kappa shape index (κ3) is 4.01. The van der Waals surface area contributed by atoms with Gasteiger partial charge in [-0.25, -0.2) is 13.1 Å². The van der Waals surface area contributed by atoms with Gasteiger partial charge in [-0.2, -0.15) is 0 Å². The van der Waals surface area contributed by atoms with Gasteiger partial charge in [0.15, 0.2) is 0 Å². The van der Waals surface area contributed by atoms with Crippen molar-refractivity contribution in [3.8, 4) is 17.0 Å². The highest BCUT2D eigenvalue weighted by molar-refractivity contribution is 7.89. The zero-order chi connectivity index (χ0) is 17.7. The van der Waals surface area contributed by atoms with Crippen LogP contribution < -0.4 is 9.46 Å². The topological polar surface area (TPSA) is 81.2 Å². The van der Waals surface area contributed by atoms with Crippen LogP contribution in [0.5, 0.6) is 5.75 Å². The fourth-order valence-corrected chi connectivity index (χ4v) is 3.36. The van der Waals surface area contributed by atoms with Gasteiger partial charge >= 0.3 is 0 Å². The first-order chi connectivity index (χ1) is 12.1. The average molecular weight is 355 g/mol. The maximum Gasteiger partial charge on any atom is 0.240 e. The number of hydrogen-bond donors (Lipinski definition) is 1. The molecular formula is C18H17N3O3S. The van der Waals surface area contributed by atoms with E-state index in [1.807, 2.05) is 18.2 Å². The Morgan fingerprint density at radius 1 is 1.04 bits per heavy atom. The summed E-state index contributed by atoms with van der Waals surface area (Å²) in [5.41, 5.74) is 2.31. The summed E-state index contributed by atoms with van der Waals surface area (Å²) in [6, 6.07) is 13.5. The summed E-state index contributed by atoms with van der Waals surface area (Å²) in [6.07, 6.45) is 5.05. The molecule has 0 amide bonds. The molecule has 0 bridgehead atoms. The molecule has 0 aliphatic carbocycles. The molecular weight excluding hydrogens is 338 g/mol. The molecule has 0 spiro atoms. The van der Waals surface area contributed by atoms with E-state index in [1.54, 1.807) is 36.8 Å². The predicted molar refractivity (Wildman–Crippen MR) is 94.5 cm³/mol. The van der Waals surface area contributed by atoms with Gasteiger partial charge in [-0.15, -0.1) is 0 Å². The molecule has 128 valence electrons. The van der Waals surface area contributed by atoms with Crippen LogP contribution in [0.2, 0.25) is 0 Å². The van der Waals surface area contributed by atoms with Crippen molar-refractivity contribution < 1.29 is 13.2 Å². The Hall–Kier alpha value is -2.77. The van der Waals surface area contributed by atoms with Crippen LogP contribution in [0.15, 0.2) is 72.0 Å². The Labute approximate surface area is 146 Å². The maximum atomic E-state index is 12.5. The van der Waals surface area contributed by atoms with Crippen molar-refractivity contribution in [2.75, 3.05) is 7.11 Å². The molecule has 0 fully saturated rings. The second kappa shape index (κ2) is 7.42. The molecule has 1 aromatic carbocycles. The lowest BCUT2D eigenvalue weighted by Crippen LogP contribution is -2.23. The van der Waals surface area contributed by atoms with Crippen LogP contribution >= 0.6 is 0 Å². The van der Waals surface area contributed by atoms with Gasteiger partial charge < -0.3 is 4.74 Å². The minimum absolute atomic E-state index is 0.131. The number of ether oxygens (including phenoxy) is 1. The Morgan fingerprint density at radius 3 is 2.48 bits per heavy atom. The highest BCUT2D eigenvalue weighted by atomic mass is 32.2. The Morgan fingerprint density at radius 2 is 1.80 bits per heavy atom. The van der Waals surface area contributed by atoms with Crippen LogP contribution in [0.25, 0.3) is 11.3 Å². The van der Waals surface area contributed by atoms with E-state index in [4.69, 9.17) is 4.74 Å². The van der Waals surface area contributed by atoms with E-state index in [0.29, 0.717) is 11.4 Å². The molecule has 0 aliphatic heterocycles. The lowest BCUT2D eigenvalue weighted by Gasteiger charge is -2.11. The van der Waals surface area contributed by atoms with E-state index < -0.39 is 10.0 Å². The summed E-state index contributed by atoms with van der Waals surface area (Å²) in [5.74, 6) is 0.602. The van der Waals surface area contributed by atoms with Crippen molar-refractivity contribution in [2.24, 2.45) is 0 Å². The van der Waals surface area contributed by atoms with Gasteiger partial charge in [0.25, 0.3) is 0 Å². The second-order valence-electron chi connectivity index (χ2n) is 5.25. The van der Waals surface area contributed by atoms with Crippen molar-refractivity contribution in [3.05, 3.63) is 72.7 Å². The van der Waals surface area contributed by atoms with E-state index in [2.05, 4.69) is 14.7 Å². The van der Waals surface area contributed by atoms with Crippen molar-refractivity contribution in [3.63, 3.8) is 0 Å². The molecule has 2 aromatic heterocycles.